The number of rotatable bonds is 2. The molecule has 0 unspecified atom stereocenters. The highest BCUT2D eigenvalue weighted by atomic mass is 32.2. The van der Waals surface area contributed by atoms with Crippen LogP contribution in [0.25, 0.3) is 0 Å². The smallest absolute Gasteiger partial charge is 0.369 e. The van der Waals surface area contributed by atoms with Gasteiger partial charge >= 0.3 is 6.18 Å². The van der Waals surface area contributed by atoms with Gasteiger partial charge in [0.15, 0.2) is 9.84 Å². The molecule has 0 saturated carbocycles. The highest BCUT2D eigenvalue weighted by Gasteiger charge is 2.33. The second-order valence-electron chi connectivity index (χ2n) is 6.43. The lowest BCUT2D eigenvalue weighted by atomic mass is 9.88. The molecule has 1 aromatic rings. The van der Waals surface area contributed by atoms with E-state index < -0.39 is 21.6 Å². The SMILES string of the molecule is O=S1(=O)CCN(c2cc(C(F)(F)F)ccc2C2CCNCC2)CC1. The standard InChI is InChI=1S/C16H21F3N2O2S/c17-16(18,19)13-1-2-14(12-3-5-20-6-4-12)15(11-13)21-7-9-24(22,23)10-8-21/h1-2,11-12,20H,3-10H2. The lowest BCUT2D eigenvalue weighted by Gasteiger charge is -2.34. The molecular weight excluding hydrogens is 341 g/mol. The molecule has 4 nitrogen and oxygen atoms in total. The van der Waals surface area contributed by atoms with Crippen LogP contribution in [-0.2, 0) is 16.0 Å². The van der Waals surface area contributed by atoms with E-state index in [0.717, 1.165) is 37.6 Å². The monoisotopic (exact) mass is 362 g/mol. The van der Waals surface area contributed by atoms with Gasteiger partial charge in [0.05, 0.1) is 17.1 Å². The number of halogens is 3. The van der Waals surface area contributed by atoms with Gasteiger partial charge in [0.2, 0.25) is 0 Å². The average molecular weight is 362 g/mol. The summed E-state index contributed by atoms with van der Waals surface area (Å²) >= 11 is 0. The summed E-state index contributed by atoms with van der Waals surface area (Å²) in [5, 5.41) is 3.26. The second-order valence-corrected chi connectivity index (χ2v) is 8.74. The van der Waals surface area contributed by atoms with Crippen LogP contribution in [0.4, 0.5) is 18.9 Å². The quantitative estimate of drug-likeness (QED) is 0.878. The molecule has 0 aliphatic carbocycles. The van der Waals surface area contributed by atoms with Crippen molar-refractivity contribution < 1.29 is 21.6 Å². The molecule has 0 radical (unpaired) electrons. The maximum absolute atomic E-state index is 13.1. The Morgan fingerprint density at radius 2 is 1.71 bits per heavy atom. The number of benzene rings is 1. The Kier molecular flexibility index (Phi) is 4.79. The Bertz CT molecular complexity index is 684. The second kappa shape index (κ2) is 6.55. The van der Waals surface area contributed by atoms with Crippen LogP contribution in [0, 0.1) is 0 Å². The van der Waals surface area contributed by atoms with E-state index in [2.05, 4.69) is 5.32 Å². The topological polar surface area (TPSA) is 49.4 Å². The van der Waals surface area contributed by atoms with Crippen LogP contribution in [0.5, 0.6) is 0 Å². The van der Waals surface area contributed by atoms with Crippen molar-refractivity contribution in [3.63, 3.8) is 0 Å². The van der Waals surface area contributed by atoms with Gasteiger partial charge in [0.25, 0.3) is 0 Å². The summed E-state index contributed by atoms with van der Waals surface area (Å²) < 4.78 is 62.6. The van der Waals surface area contributed by atoms with Gasteiger partial charge in [-0.3, -0.25) is 0 Å². The maximum atomic E-state index is 13.1. The van der Waals surface area contributed by atoms with Crippen LogP contribution >= 0.6 is 0 Å². The van der Waals surface area contributed by atoms with Crippen LogP contribution < -0.4 is 10.2 Å². The first kappa shape index (κ1) is 17.5. The van der Waals surface area contributed by atoms with Crippen LogP contribution in [0.3, 0.4) is 0 Å². The molecule has 1 N–H and O–H groups in total. The van der Waals surface area contributed by atoms with E-state index in [1.165, 1.54) is 6.07 Å². The first-order valence-electron chi connectivity index (χ1n) is 8.13. The van der Waals surface area contributed by atoms with Crippen LogP contribution in [-0.4, -0.2) is 46.1 Å². The number of nitrogens with zero attached hydrogens (tertiary/aromatic N) is 1. The maximum Gasteiger partial charge on any atom is 0.416 e. The molecule has 8 heteroatoms. The number of anilines is 1. The molecule has 2 aliphatic heterocycles. The minimum Gasteiger partial charge on any atom is -0.369 e. The van der Waals surface area contributed by atoms with E-state index in [4.69, 9.17) is 0 Å². The van der Waals surface area contributed by atoms with E-state index in [0.29, 0.717) is 5.69 Å². The Morgan fingerprint density at radius 1 is 1.08 bits per heavy atom. The van der Waals surface area contributed by atoms with Crippen molar-refractivity contribution >= 4 is 15.5 Å². The number of nitrogens with one attached hydrogen (secondary N) is 1. The largest absolute Gasteiger partial charge is 0.416 e. The lowest BCUT2D eigenvalue weighted by molar-refractivity contribution is -0.137. The van der Waals surface area contributed by atoms with E-state index >= 15 is 0 Å². The molecule has 24 heavy (non-hydrogen) atoms. The molecule has 0 amide bonds. The molecule has 2 aliphatic rings. The highest BCUT2D eigenvalue weighted by Crippen LogP contribution is 2.38. The van der Waals surface area contributed by atoms with Crippen molar-refractivity contribution in [1.29, 1.82) is 0 Å². The zero-order chi connectivity index (χ0) is 17.4. The Labute approximate surface area is 140 Å². The number of hydrogen-bond acceptors (Lipinski definition) is 4. The van der Waals surface area contributed by atoms with Crippen molar-refractivity contribution in [3.8, 4) is 0 Å². The highest BCUT2D eigenvalue weighted by molar-refractivity contribution is 7.91. The van der Waals surface area contributed by atoms with Gasteiger partial charge in [-0.1, -0.05) is 6.07 Å². The van der Waals surface area contributed by atoms with Gasteiger partial charge in [-0.05, 0) is 49.5 Å². The van der Waals surface area contributed by atoms with Crippen molar-refractivity contribution in [2.24, 2.45) is 0 Å². The molecule has 2 heterocycles. The molecule has 1 aromatic carbocycles. The van der Waals surface area contributed by atoms with E-state index in [1.54, 1.807) is 11.0 Å². The van der Waals surface area contributed by atoms with E-state index in [-0.39, 0.29) is 30.5 Å². The number of sulfone groups is 1. The van der Waals surface area contributed by atoms with Crippen LogP contribution in [0.2, 0.25) is 0 Å². The third-order valence-electron chi connectivity index (χ3n) is 4.82. The molecule has 0 spiro atoms. The van der Waals surface area contributed by atoms with Gasteiger partial charge in [-0.25, -0.2) is 8.42 Å². The Balaban J connectivity index is 1.96. The summed E-state index contributed by atoms with van der Waals surface area (Å²) in [5.41, 5.74) is 0.777. The fraction of sp³-hybridized carbons (Fsp3) is 0.625. The summed E-state index contributed by atoms with van der Waals surface area (Å²) in [4.78, 5) is 1.80. The third-order valence-corrected chi connectivity index (χ3v) is 6.43. The van der Waals surface area contributed by atoms with Crippen molar-refractivity contribution in [3.05, 3.63) is 29.3 Å². The van der Waals surface area contributed by atoms with E-state index in [1.807, 2.05) is 0 Å². The average Bonchev–Trinajstić information content (AvgIpc) is 2.54. The molecule has 2 saturated heterocycles. The molecule has 0 bridgehead atoms. The first-order valence-corrected chi connectivity index (χ1v) is 9.96. The van der Waals surface area contributed by atoms with Gasteiger partial charge in [0, 0.05) is 18.8 Å². The third kappa shape index (κ3) is 3.85. The van der Waals surface area contributed by atoms with Crippen molar-refractivity contribution in [1.82, 2.24) is 5.32 Å². The Morgan fingerprint density at radius 3 is 2.29 bits per heavy atom. The van der Waals surface area contributed by atoms with Crippen LogP contribution in [0.1, 0.15) is 29.9 Å². The molecule has 0 atom stereocenters. The lowest BCUT2D eigenvalue weighted by Crippen LogP contribution is -2.41. The predicted octanol–water partition coefficient (Wildman–Crippen LogP) is 2.41. The molecule has 134 valence electrons. The normalized spacial score (nSPS) is 22.5. The summed E-state index contributed by atoms with van der Waals surface area (Å²) in [6, 6.07) is 3.91. The van der Waals surface area contributed by atoms with Crippen LogP contribution in [0.15, 0.2) is 18.2 Å². The van der Waals surface area contributed by atoms with Gasteiger partial charge in [-0.15, -0.1) is 0 Å². The zero-order valence-electron chi connectivity index (χ0n) is 13.3. The zero-order valence-corrected chi connectivity index (χ0v) is 14.1. The summed E-state index contributed by atoms with van der Waals surface area (Å²) in [5.74, 6) is 0.200. The molecule has 0 aromatic heterocycles. The molecule has 2 fully saturated rings. The fourth-order valence-corrected chi connectivity index (χ4v) is 4.63. The number of hydrogen-bond donors (Lipinski definition) is 1. The van der Waals surface area contributed by atoms with Crippen molar-refractivity contribution in [2.45, 2.75) is 24.9 Å². The van der Waals surface area contributed by atoms with Gasteiger partial charge in [0.1, 0.15) is 0 Å². The first-order chi connectivity index (χ1) is 11.3. The Hall–Kier alpha value is -1.28. The minimum absolute atomic E-state index is 0.00505. The molecule has 3 rings (SSSR count). The molecular formula is C16H21F3N2O2S. The van der Waals surface area contributed by atoms with Crippen molar-refractivity contribution in [2.75, 3.05) is 42.6 Å². The number of piperidine rings is 1. The summed E-state index contributed by atoms with van der Waals surface area (Å²) in [7, 11) is -3.07. The minimum atomic E-state index is -4.40. The number of alkyl halides is 3. The predicted molar refractivity (Wildman–Crippen MR) is 87.2 cm³/mol. The summed E-state index contributed by atoms with van der Waals surface area (Å²) in [6.45, 7) is 2.20. The fourth-order valence-electron chi connectivity index (χ4n) is 3.43. The van der Waals surface area contributed by atoms with Gasteiger partial charge < -0.3 is 10.2 Å². The van der Waals surface area contributed by atoms with E-state index in [9.17, 15) is 21.6 Å². The summed E-state index contributed by atoms with van der Waals surface area (Å²) in [6.07, 6.45) is -2.64. The van der Waals surface area contributed by atoms with Gasteiger partial charge in [-0.2, -0.15) is 13.2 Å².